The molecule has 0 atom stereocenters. The molecule has 0 saturated carbocycles. The summed E-state index contributed by atoms with van der Waals surface area (Å²) in [5, 5.41) is 30.4. The van der Waals surface area contributed by atoms with Crippen LogP contribution in [0.1, 0.15) is 21.5 Å². The molecule has 0 aliphatic carbocycles. The first-order valence-electron chi connectivity index (χ1n) is 8.61. The van der Waals surface area contributed by atoms with E-state index in [-0.39, 0.29) is 44.7 Å². The summed E-state index contributed by atoms with van der Waals surface area (Å²) in [4.78, 5) is 28.1. The smallest absolute Gasteiger partial charge is 0.377 e. The van der Waals surface area contributed by atoms with Crippen molar-refractivity contribution in [3.63, 3.8) is 0 Å². The number of hydrogen-bond acceptors (Lipinski definition) is 5. The number of aromatic hydroxyl groups is 2. The zero-order valence-electron chi connectivity index (χ0n) is 15.2. The van der Waals surface area contributed by atoms with Gasteiger partial charge in [0.2, 0.25) is 5.88 Å². The standard InChI is InChI=1S/C21H15FN2O5/c1-24-9-14-15(19(26)21(28)29)13-7-11(6-10-2-4-12(22)5-3-10)8-23-17(13)18(25)16(14)20(24)27/h2-5,7-9,25,27H,6H2,1H3,(H,28,29). The summed E-state index contributed by atoms with van der Waals surface area (Å²) in [5.74, 6) is -3.85. The monoisotopic (exact) mass is 394 g/mol. The van der Waals surface area contributed by atoms with Gasteiger partial charge in [0.25, 0.3) is 5.78 Å². The molecule has 0 unspecified atom stereocenters. The second-order valence-corrected chi connectivity index (χ2v) is 6.75. The Labute approximate surface area is 163 Å². The van der Waals surface area contributed by atoms with Gasteiger partial charge in [0.1, 0.15) is 11.3 Å². The van der Waals surface area contributed by atoms with E-state index in [9.17, 15) is 29.3 Å². The van der Waals surface area contributed by atoms with Gasteiger partial charge in [0.05, 0.1) is 5.39 Å². The van der Waals surface area contributed by atoms with Crippen LogP contribution in [-0.4, -0.2) is 36.6 Å². The van der Waals surface area contributed by atoms with Crippen LogP contribution in [0.2, 0.25) is 0 Å². The number of phenolic OH excluding ortho intramolecular Hbond substituents is 1. The van der Waals surface area contributed by atoms with Crippen molar-refractivity contribution < 1.29 is 29.3 Å². The van der Waals surface area contributed by atoms with Crippen LogP contribution in [0.15, 0.2) is 42.7 Å². The van der Waals surface area contributed by atoms with E-state index < -0.39 is 11.8 Å². The number of benzene rings is 2. The lowest BCUT2D eigenvalue weighted by Gasteiger charge is -2.10. The van der Waals surface area contributed by atoms with E-state index in [1.165, 1.54) is 36.1 Å². The highest BCUT2D eigenvalue weighted by molar-refractivity contribution is 6.45. The fraction of sp³-hybridized carbons (Fsp3) is 0.0952. The van der Waals surface area contributed by atoms with Crippen LogP contribution in [0.5, 0.6) is 11.6 Å². The number of hydrogen-bond donors (Lipinski definition) is 3. The summed E-state index contributed by atoms with van der Waals surface area (Å²) in [7, 11) is 1.50. The van der Waals surface area contributed by atoms with Gasteiger partial charge >= 0.3 is 5.97 Å². The summed E-state index contributed by atoms with van der Waals surface area (Å²) in [6.07, 6.45) is 3.22. The second kappa shape index (κ2) is 6.59. The molecule has 0 aliphatic rings. The Bertz CT molecular complexity index is 1310. The van der Waals surface area contributed by atoms with Crippen molar-refractivity contribution in [1.82, 2.24) is 9.55 Å². The summed E-state index contributed by atoms with van der Waals surface area (Å²) < 4.78 is 14.4. The number of carboxylic acid groups (broad SMARTS) is 1. The number of carboxylic acids is 1. The lowest BCUT2D eigenvalue weighted by Crippen LogP contribution is -2.14. The molecule has 0 spiro atoms. The van der Waals surface area contributed by atoms with E-state index in [0.717, 1.165) is 5.56 Å². The van der Waals surface area contributed by atoms with Crippen molar-refractivity contribution in [3.8, 4) is 11.6 Å². The third-order valence-corrected chi connectivity index (χ3v) is 4.84. The maximum atomic E-state index is 13.1. The van der Waals surface area contributed by atoms with E-state index in [2.05, 4.69) is 4.98 Å². The number of phenols is 1. The summed E-state index contributed by atoms with van der Waals surface area (Å²) in [6.45, 7) is 0. The minimum atomic E-state index is -1.66. The number of carbonyl (C=O) groups excluding carboxylic acids is 1. The molecule has 146 valence electrons. The fourth-order valence-corrected chi connectivity index (χ4v) is 3.48. The molecule has 4 aromatic rings. The van der Waals surface area contributed by atoms with Gasteiger partial charge in [0.15, 0.2) is 5.75 Å². The van der Waals surface area contributed by atoms with Crippen LogP contribution in [0.25, 0.3) is 21.7 Å². The van der Waals surface area contributed by atoms with Gasteiger partial charge in [-0.3, -0.25) is 9.78 Å². The van der Waals surface area contributed by atoms with E-state index in [0.29, 0.717) is 12.0 Å². The average Bonchev–Trinajstić information content (AvgIpc) is 2.98. The van der Waals surface area contributed by atoms with Crippen molar-refractivity contribution >= 4 is 33.4 Å². The van der Waals surface area contributed by atoms with Crippen LogP contribution < -0.4 is 0 Å². The molecule has 4 rings (SSSR count). The van der Waals surface area contributed by atoms with E-state index in [1.807, 2.05) is 0 Å². The molecule has 8 heteroatoms. The quantitative estimate of drug-likeness (QED) is 0.362. The SMILES string of the molecule is Cn1cc2c(C(=O)C(=O)O)c3cc(Cc4ccc(F)cc4)cnc3c(O)c2c1O. The van der Waals surface area contributed by atoms with E-state index in [1.54, 1.807) is 18.2 Å². The van der Waals surface area contributed by atoms with Gasteiger partial charge < -0.3 is 19.9 Å². The minimum Gasteiger partial charge on any atom is -0.505 e. The van der Waals surface area contributed by atoms with Gasteiger partial charge in [-0.15, -0.1) is 0 Å². The largest absolute Gasteiger partial charge is 0.505 e. The normalized spacial score (nSPS) is 11.2. The number of Topliss-reactive ketones (excluding diaryl/α,β-unsaturated/α-hetero) is 1. The molecular weight excluding hydrogens is 379 g/mol. The third-order valence-electron chi connectivity index (χ3n) is 4.84. The van der Waals surface area contributed by atoms with Gasteiger partial charge in [-0.25, -0.2) is 9.18 Å². The summed E-state index contributed by atoms with van der Waals surface area (Å²) in [5.41, 5.74) is 1.28. The number of rotatable bonds is 4. The van der Waals surface area contributed by atoms with Gasteiger partial charge in [-0.05, 0) is 35.7 Å². The number of aliphatic carboxylic acids is 1. The molecule has 29 heavy (non-hydrogen) atoms. The molecule has 2 aromatic heterocycles. The predicted octanol–water partition coefficient (Wildman–Crippen LogP) is 3.13. The Kier molecular flexibility index (Phi) is 4.19. The zero-order valence-corrected chi connectivity index (χ0v) is 15.2. The molecule has 3 N–H and O–H groups in total. The van der Waals surface area contributed by atoms with Crippen LogP contribution in [-0.2, 0) is 18.3 Å². The Morgan fingerprint density at radius 3 is 2.45 bits per heavy atom. The van der Waals surface area contributed by atoms with Crippen molar-refractivity contribution in [1.29, 1.82) is 0 Å². The first-order valence-corrected chi connectivity index (χ1v) is 8.61. The number of carbonyl (C=O) groups is 2. The third kappa shape index (κ3) is 2.94. The molecule has 0 aliphatic heterocycles. The van der Waals surface area contributed by atoms with Crippen LogP contribution >= 0.6 is 0 Å². The Balaban J connectivity index is 2.00. The van der Waals surface area contributed by atoms with Gasteiger partial charge in [-0.1, -0.05) is 12.1 Å². The van der Waals surface area contributed by atoms with Crippen LogP contribution in [0, 0.1) is 5.82 Å². The highest BCUT2D eigenvalue weighted by Gasteiger charge is 2.27. The van der Waals surface area contributed by atoms with Gasteiger partial charge in [0, 0.05) is 35.8 Å². The number of aryl methyl sites for hydroxylation is 1. The van der Waals surface area contributed by atoms with Crippen molar-refractivity contribution in [2.24, 2.45) is 7.05 Å². The number of aromatic nitrogens is 2. The van der Waals surface area contributed by atoms with Crippen molar-refractivity contribution in [3.05, 3.63) is 65.2 Å². The highest BCUT2D eigenvalue weighted by Crippen LogP contribution is 2.42. The maximum Gasteiger partial charge on any atom is 0.377 e. The molecule has 2 heterocycles. The average molecular weight is 394 g/mol. The Hall–Kier alpha value is -3.94. The van der Waals surface area contributed by atoms with E-state index in [4.69, 9.17) is 0 Å². The molecule has 7 nitrogen and oxygen atoms in total. The topological polar surface area (TPSA) is 113 Å². The fourth-order valence-electron chi connectivity index (χ4n) is 3.48. The summed E-state index contributed by atoms with van der Waals surface area (Å²) in [6, 6.07) is 7.44. The number of nitrogens with zero attached hydrogens (tertiary/aromatic N) is 2. The molecule has 0 radical (unpaired) electrons. The Morgan fingerprint density at radius 2 is 1.79 bits per heavy atom. The number of fused-ring (bicyclic) bond motifs is 2. The van der Waals surface area contributed by atoms with Gasteiger partial charge in [-0.2, -0.15) is 0 Å². The molecule has 0 bridgehead atoms. The van der Waals surface area contributed by atoms with Crippen molar-refractivity contribution in [2.45, 2.75) is 6.42 Å². The molecule has 0 fully saturated rings. The molecule has 2 aromatic carbocycles. The minimum absolute atomic E-state index is 0.00598. The molecule has 0 amide bonds. The van der Waals surface area contributed by atoms with Crippen LogP contribution in [0.4, 0.5) is 4.39 Å². The number of halogens is 1. The van der Waals surface area contributed by atoms with E-state index >= 15 is 0 Å². The first-order chi connectivity index (χ1) is 13.8. The molecule has 0 saturated heterocycles. The lowest BCUT2D eigenvalue weighted by molar-refractivity contribution is -0.131. The van der Waals surface area contributed by atoms with Crippen molar-refractivity contribution in [2.75, 3.05) is 0 Å². The number of ketones is 1. The first kappa shape index (κ1) is 18.4. The lowest BCUT2D eigenvalue weighted by atomic mass is 9.96. The molecular formula is C21H15FN2O5. The predicted molar refractivity (Wildman–Crippen MR) is 103 cm³/mol. The van der Waals surface area contributed by atoms with Crippen LogP contribution in [0.3, 0.4) is 0 Å². The summed E-state index contributed by atoms with van der Waals surface area (Å²) >= 11 is 0. The second-order valence-electron chi connectivity index (χ2n) is 6.75. The Morgan fingerprint density at radius 1 is 1.10 bits per heavy atom. The maximum absolute atomic E-state index is 13.1. The zero-order chi connectivity index (χ0) is 20.9. The highest BCUT2D eigenvalue weighted by atomic mass is 19.1. The number of pyridine rings is 1.